The van der Waals surface area contributed by atoms with Gasteiger partial charge in [-0.1, -0.05) is 117 Å². The summed E-state index contributed by atoms with van der Waals surface area (Å²) in [6.07, 6.45) is 0. The van der Waals surface area contributed by atoms with Crippen LogP contribution >= 0.6 is 0 Å². The van der Waals surface area contributed by atoms with Crippen LogP contribution in [0.3, 0.4) is 0 Å². The lowest BCUT2D eigenvalue weighted by molar-refractivity contribution is 0.641. The van der Waals surface area contributed by atoms with Gasteiger partial charge in [-0.25, -0.2) is 0 Å². The zero-order valence-electron chi connectivity index (χ0n) is 24.3. The monoisotopic (exact) mass is 553 g/mol. The van der Waals surface area contributed by atoms with Crippen LogP contribution in [0.2, 0.25) is 0 Å². The molecular weight excluding hydrogens is 522 g/mol. The first-order chi connectivity index (χ1) is 21.1. The Bertz CT molecular complexity index is 2240. The summed E-state index contributed by atoms with van der Waals surface area (Å²) in [5.41, 5.74) is 7.73. The fourth-order valence-corrected chi connectivity index (χ4v) is 6.54. The molecule has 0 unspecified atom stereocenters. The van der Waals surface area contributed by atoms with Crippen molar-refractivity contribution < 1.29 is 4.42 Å². The van der Waals surface area contributed by atoms with Crippen molar-refractivity contribution in [1.29, 1.82) is 0 Å². The third-order valence-electron chi connectivity index (χ3n) is 8.95. The Kier molecular flexibility index (Phi) is 5.84. The van der Waals surface area contributed by atoms with Crippen LogP contribution in [0.15, 0.2) is 156 Å². The second-order valence-corrected chi connectivity index (χ2v) is 11.8. The Morgan fingerprint density at radius 1 is 0.442 bits per heavy atom. The number of furan rings is 1. The Labute approximate surface area is 251 Å². The SMILES string of the molecule is CC(C)(c1ccccc1)c1ccc(N(c2ccccc2)c2cccc3c2ccc2cc4c(cc23)oc2ccccc24)cc1. The van der Waals surface area contributed by atoms with Gasteiger partial charge in [0, 0.05) is 32.9 Å². The molecule has 0 atom stereocenters. The molecule has 0 saturated carbocycles. The number of nitrogens with zero attached hydrogens (tertiary/aromatic N) is 1. The highest BCUT2D eigenvalue weighted by atomic mass is 16.3. The Balaban J connectivity index is 1.30. The third-order valence-corrected chi connectivity index (χ3v) is 8.95. The minimum atomic E-state index is -0.0995. The summed E-state index contributed by atoms with van der Waals surface area (Å²) in [4.78, 5) is 2.37. The van der Waals surface area contributed by atoms with Crippen molar-refractivity contribution in [3.63, 3.8) is 0 Å². The van der Waals surface area contributed by atoms with Gasteiger partial charge in [-0.05, 0) is 75.8 Å². The van der Waals surface area contributed by atoms with Crippen LogP contribution in [0.1, 0.15) is 25.0 Å². The molecule has 0 amide bonds. The van der Waals surface area contributed by atoms with Crippen LogP contribution in [-0.4, -0.2) is 0 Å². The summed E-state index contributed by atoms with van der Waals surface area (Å²) >= 11 is 0. The van der Waals surface area contributed by atoms with E-state index in [0.717, 1.165) is 39.0 Å². The Morgan fingerprint density at radius 3 is 1.88 bits per heavy atom. The van der Waals surface area contributed by atoms with E-state index in [1.165, 1.54) is 32.7 Å². The molecule has 0 fully saturated rings. The molecule has 8 aromatic rings. The van der Waals surface area contributed by atoms with Crippen molar-refractivity contribution >= 4 is 60.5 Å². The van der Waals surface area contributed by atoms with Gasteiger partial charge in [0.25, 0.3) is 0 Å². The van der Waals surface area contributed by atoms with E-state index in [1.807, 2.05) is 12.1 Å². The van der Waals surface area contributed by atoms with Crippen molar-refractivity contribution in [2.75, 3.05) is 4.90 Å². The summed E-state index contributed by atoms with van der Waals surface area (Å²) in [6.45, 7) is 4.59. The normalized spacial score (nSPS) is 12.0. The quantitative estimate of drug-likeness (QED) is 0.197. The molecular formula is C41H31NO. The van der Waals surface area contributed by atoms with E-state index >= 15 is 0 Å². The molecule has 8 rings (SSSR count). The first-order valence-corrected chi connectivity index (χ1v) is 14.9. The van der Waals surface area contributed by atoms with Crippen LogP contribution in [0.5, 0.6) is 0 Å². The van der Waals surface area contributed by atoms with E-state index in [4.69, 9.17) is 4.42 Å². The van der Waals surface area contributed by atoms with Crippen molar-refractivity contribution in [3.8, 4) is 0 Å². The van der Waals surface area contributed by atoms with Gasteiger partial charge in [0.1, 0.15) is 11.2 Å². The highest BCUT2D eigenvalue weighted by molar-refractivity contribution is 6.18. The largest absolute Gasteiger partial charge is 0.456 e. The fourth-order valence-electron chi connectivity index (χ4n) is 6.54. The zero-order valence-corrected chi connectivity index (χ0v) is 24.3. The second kappa shape index (κ2) is 9.89. The maximum atomic E-state index is 6.29. The number of hydrogen-bond acceptors (Lipinski definition) is 2. The summed E-state index contributed by atoms with van der Waals surface area (Å²) < 4.78 is 6.29. The van der Waals surface area contributed by atoms with E-state index in [1.54, 1.807) is 0 Å². The lowest BCUT2D eigenvalue weighted by atomic mass is 9.78. The van der Waals surface area contributed by atoms with Crippen LogP contribution in [0.25, 0.3) is 43.5 Å². The van der Waals surface area contributed by atoms with E-state index in [-0.39, 0.29) is 5.41 Å². The number of para-hydroxylation sites is 2. The summed E-state index contributed by atoms with van der Waals surface area (Å²) in [5.74, 6) is 0. The van der Waals surface area contributed by atoms with Gasteiger partial charge in [0.05, 0.1) is 5.69 Å². The van der Waals surface area contributed by atoms with E-state index < -0.39 is 0 Å². The van der Waals surface area contributed by atoms with Crippen LogP contribution in [0.4, 0.5) is 17.1 Å². The Morgan fingerprint density at radius 2 is 1.09 bits per heavy atom. The zero-order chi connectivity index (χ0) is 29.0. The van der Waals surface area contributed by atoms with Gasteiger partial charge in [-0.3, -0.25) is 0 Å². The average Bonchev–Trinajstić information content (AvgIpc) is 3.42. The summed E-state index contributed by atoms with van der Waals surface area (Å²) in [6, 6.07) is 54.3. The molecule has 0 N–H and O–H groups in total. The third kappa shape index (κ3) is 4.18. The first kappa shape index (κ1) is 25.4. The molecule has 0 aliphatic heterocycles. The minimum Gasteiger partial charge on any atom is -0.456 e. The van der Waals surface area contributed by atoms with Crippen LogP contribution < -0.4 is 4.90 Å². The molecule has 43 heavy (non-hydrogen) atoms. The maximum absolute atomic E-state index is 6.29. The van der Waals surface area contributed by atoms with Crippen molar-refractivity contribution in [2.24, 2.45) is 0 Å². The molecule has 2 heteroatoms. The molecule has 1 heterocycles. The molecule has 1 aromatic heterocycles. The van der Waals surface area contributed by atoms with E-state index in [2.05, 4.69) is 158 Å². The lowest BCUT2D eigenvalue weighted by Gasteiger charge is -2.29. The molecule has 0 aliphatic rings. The van der Waals surface area contributed by atoms with Gasteiger partial charge in [-0.2, -0.15) is 0 Å². The number of benzene rings is 7. The van der Waals surface area contributed by atoms with Crippen molar-refractivity contribution in [2.45, 2.75) is 19.3 Å². The molecule has 0 spiro atoms. The average molecular weight is 554 g/mol. The van der Waals surface area contributed by atoms with Crippen molar-refractivity contribution in [1.82, 2.24) is 0 Å². The van der Waals surface area contributed by atoms with Gasteiger partial charge >= 0.3 is 0 Å². The van der Waals surface area contributed by atoms with E-state index in [0.29, 0.717) is 0 Å². The molecule has 7 aromatic carbocycles. The second-order valence-electron chi connectivity index (χ2n) is 11.8. The maximum Gasteiger partial charge on any atom is 0.136 e. The summed E-state index contributed by atoms with van der Waals surface area (Å²) in [7, 11) is 0. The minimum absolute atomic E-state index is 0.0995. The number of fused-ring (bicyclic) bond motifs is 6. The molecule has 2 nitrogen and oxygen atoms in total. The predicted molar refractivity (Wildman–Crippen MR) is 182 cm³/mol. The highest BCUT2D eigenvalue weighted by Crippen LogP contribution is 2.42. The number of hydrogen-bond donors (Lipinski definition) is 0. The summed E-state index contributed by atoms with van der Waals surface area (Å²) in [5, 5.41) is 7.12. The predicted octanol–water partition coefficient (Wildman–Crippen LogP) is 11.7. The number of rotatable bonds is 5. The first-order valence-electron chi connectivity index (χ1n) is 14.9. The topological polar surface area (TPSA) is 16.4 Å². The Hall–Kier alpha value is -5.34. The van der Waals surface area contributed by atoms with Crippen LogP contribution in [0, 0.1) is 0 Å². The van der Waals surface area contributed by atoms with Gasteiger partial charge in [0.15, 0.2) is 0 Å². The van der Waals surface area contributed by atoms with Gasteiger partial charge in [-0.15, -0.1) is 0 Å². The molecule has 0 bridgehead atoms. The van der Waals surface area contributed by atoms with Gasteiger partial charge < -0.3 is 9.32 Å². The van der Waals surface area contributed by atoms with Crippen molar-refractivity contribution in [3.05, 3.63) is 163 Å². The smallest absolute Gasteiger partial charge is 0.136 e. The van der Waals surface area contributed by atoms with E-state index in [9.17, 15) is 0 Å². The van der Waals surface area contributed by atoms with Gasteiger partial charge in [0.2, 0.25) is 0 Å². The molecule has 0 radical (unpaired) electrons. The molecule has 206 valence electrons. The fraction of sp³-hybridized carbons (Fsp3) is 0.0732. The van der Waals surface area contributed by atoms with Crippen LogP contribution in [-0.2, 0) is 5.41 Å². The standard InChI is InChI=1S/C41H31NO/c1-41(2,29-12-5-3-6-13-29)30-21-23-32(24-22-30)42(31-14-7-4-8-15-31)38-18-11-17-33-34(38)25-20-28-26-37-35-16-9-10-19-39(35)43-40(37)27-36(28)33/h3-27H,1-2H3. The lowest BCUT2D eigenvalue weighted by Crippen LogP contribution is -2.19. The molecule has 0 aliphatic carbocycles. The highest BCUT2D eigenvalue weighted by Gasteiger charge is 2.24. The molecule has 0 saturated heterocycles. The number of anilines is 3.